The smallest absolute Gasteiger partial charge is 0.235 e. The van der Waals surface area contributed by atoms with Gasteiger partial charge in [-0.3, -0.25) is 4.79 Å². The largest absolute Gasteiger partial charge is 0.465 e. The minimum Gasteiger partial charge on any atom is -0.465 e. The summed E-state index contributed by atoms with van der Waals surface area (Å²) < 4.78 is 52.7. The molecular formula is C51H75NO9. The van der Waals surface area contributed by atoms with Gasteiger partial charge in [-0.1, -0.05) is 90.4 Å². The molecule has 0 amide bonds. The number of hydrogen-bond donors (Lipinski definition) is 0. The van der Waals surface area contributed by atoms with Crippen LogP contribution in [0.25, 0.3) is 22.2 Å². The Bertz CT molecular complexity index is 1770. The fraction of sp³-hybridized carbons (Fsp3) is 0.706. The average Bonchev–Trinajstić information content (AvgIpc) is 3.29. The predicted molar refractivity (Wildman–Crippen MR) is 241 cm³/mol. The van der Waals surface area contributed by atoms with Crippen LogP contribution in [0.4, 0.5) is 0 Å². The lowest BCUT2D eigenvalue weighted by Gasteiger charge is -2.29. The normalized spacial score (nSPS) is 22.2. The Morgan fingerprint density at radius 1 is 0.525 bits per heavy atom. The van der Waals surface area contributed by atoms with E-state index in [0.717, 1.165) is 112 Å². The second-order valence-corrected chi connectivity index (χ2v) is 17.8. The van der Waals surface area contributed by atoms with E-state index in [2.05, 4.69) is 11.5 Å². The average molecular weight is 846 g/mol. The first-order valence-corrected chi connectivity index (χ1v) is 24.6. The van der Waals surface area contributed by atoms with Crippen molar-refractivity contribution in [3.05, 3.63) is 46.6 Å². The minimum atomic E-state index is -0.518. The van der Waals surface area contributed by atoms with Crippen LogP contribution in [0.2, 0.25) is 0 Å². The molecule has 10 nitrogen and oxygen atoms in total. The SMILES string of the molecule is CCCCCCCCCCCCCCCCn1c(-c2ccc(OC3CCCCO3)cc2)c(OC2CCCCO2)c(=O)c2c(OC3CCCCO3)cc(OC3CCCCO3)cc21. The van der Waals surface area contributed by atoms with E-state index in [4.69, 9.17) is 37.9 Å². The molecular weight excluding hydrogens is 771 g/mol. The molecule has 0 aliphatic carbocycles. The van der Waals surface area contributed by atoms with E-state index in [1.165, 1.54) is 77.0 Å². The molecule has 0 saturated carbocycles. The Labute approximate surface area is 365 Å². The van der Waals surface area contributed by atoms with Gasteiger partial charge in [-0.05, 0) is 82.1 Å². The molecule has 4 saturated heterocycles. The van der Waals surface area contributed by atoms with E-state index in [1.54, 1.807) is 0 Å². The number of aryl methyl sites for hydroxylation is 1. The third kappa shape index (κ3) is 13.8. The molecule has 0 radical (unpaired) electrons. The van der Waals surface area contributed by atoms with Gasteiger partial charge in [0.1, 0.15) is 17.2 Å². The second kappa shape index (κ2) is 25.1. The summed E-state index contributed by atoms with van der Waals surface area (Å²) in [4.78, 5) is 15.2. The number of unbranched alkanes of at least 4 members (excludes halogenated alkanes) is 13. The number of nitrogens with zero attached hydrogens (tertiary/aromatic N) is 1. The maximum Gasteiger partial charge on any atom is 0.235 e. The second-order valence-electron chi connectivity index (χ2n) is 17.8. The molecule has 4 atom stereocenters. The van der Waals surface area contributed by atoms with Crippen LogP contribution in [0.15, 0.2) is 41.2 Å². The summed E-state index contributed by atoms with van der Waals surface area (Å²) in [6.45, 7) is 5.58. The van der Waals surface area contributed by atoms with Gasteiger partial charge in [-0.15, -0.1) is 0 Å². The van der Waals surface area contributed by atoms with Crippen LogP contribution in [0, 0.1) is 0 Å². The minimum absolute atomic E-state index is 0.224. The first kappa shape index (κ1) is 45.7. The molecule has 10 heteroatoms. The van der Waals surface area contributed by atoms with Gasteiger partial charge >= 0.3 is 0 Å². The van der Waals surface area contributed by atoms with Crippen molar-refractivity contribution in [2.45, 2.75) is 206 Å². The van der Waals surface area contributed by atoms with Crippen LogP contribution in [0.1, 0.15) is 174 Å². The zero-order chi connectivity index (χ0) is 41.9. The maximum absolute atomic E-state index is 15.2. The Balaban J connectivity index is 1.20. The highest BCUT2D eigenvalue weighted by atomic mass is 16.7. The van der Waals surface area contributed by atoms with Crippen LogP contribution in [-0.4, -0.2) is 56.2 Å². The lowest BCUT2D eigenvalue weighted by Crippen LogP contribution is -2.29. The number of rotatable bonds is 24. The molecule has 0 N–H and O–H groups in total. The van der Waals surface area contributed by atoms with Crippen molar-refractivity contribution in [2.75, 3.05) is 26.4 Å². The van der Waals surface area contributed by atoms with Crippen LogP contribution in [0.3, 0.4) is 0 Å². The Morgan fingerprint density at radius 3 is 1.48 bits per heavy atom. The molecule has 4 unspecified atom stereocenters. The van der Waals surface area contributed by atoms with Crippen LogP contribution < -0.4 is 24.4 Å². The molecule has 1 aromatic heterocycles. The summed E-state index contributed by atoms with van der Waals surface area (Å²) in [7, 11) is 0. The molecule has 5 heterocycles. The van der Waals surface area contributed by atoms with Crippen molar-refractivity contribution >= 4 is 10.9 Å². The zero-order valence-corrected chi connectivity index (χ0v) is 37.3. The highest BCUT2D eigenvalue weighted by Crippen LogP contribution is 2.40. The van der Waals surface area contributed by atoms with Gasteiger partial charge < -0.3 is 42.5 Å². The first-order valence-electron chi connectivity index (χ1n) is 24.6. The number of ether oxygens (including phenoxy) is 8. The fourth-order valence-electron chi connectivity index (χ4n) is 9.22. The summed E-state index contributed by atoms with van der Waals surface area (Å²) in [5.74, 6) is 2.09. The molecule has 3 aromatic rings. The molecule has 4 fully saturated rings. The highest BCUT2D eigenvalue weighted by Gasteiger charge is 2.29. The summed E-state index contributed by atoms with van der Waals surface area (Å²) in [6, 6.07) is 11.9. The molecule has 4 aliphatic heterocycles. The van der Waals surface area contributed by atoms with Gasteiger partial charge in [-0.25, -0.2) is 0 Å². The number of benzene rings is 2. The summed E-state index contributed by atoms with van der Waals surface area (Å²) in [5, 5.41) is 0.473. The standard InChI is InChI=1S/C51H75NO9/c1-2-3-4-5-6-7-8-9-10-11-12-13-14-19-32-52-42-37-41(59-45-25-16-21-34-55-45)38-43(60-46-26-17-22-35-56-46)48(42)50(53)51(61-47-27-18-23-36-57-47)49(52)39-28-30-40(31-29-39)58-44-24-15-20-33-54-44/h28-31,37-38,44-47H,2-27,32-36H2,1H3. The van der Waals surface area contributed by atoms with Crippen molar-refractivity contribution in [1.29, 1.82) is 0 Å². The highest BCUT2D eigenvalue weighted by molar-refractivity contribution is 5.92. The quantitative estimate of drug-likeness (QED) is 0.0817. The monoisotopic (exact) mass is 846 g/mol. The van der Waals surface area contributed by atoms with Crippen molar-refractivity contribution in [1.82, 2.24) is 4.57 Å². The van der Waals surface area contributed by atoms with Gasteiger partial charge in [0.05, 0.1) is 43.0 Å². The van der Waals surface area contributed by atoms with Gasteiger partial charge in [-0.2, -0.15) is 0 Å². The van der Waals surface area contributed by atoms with Gasteiger partial charge in [0.25, 0.3) is 0 Å². The lowest BCUT2D eigenvalue weighted by molar-refractivity contribution is -0.108. The van der Waals surface area contributed by atoms with Crippen LogP contribution in [0.5, 0.6) is 23.0 Å². The molecule has 0 spiro atoms. The van der Waals surface area contributed by atoms with E-state index in [0.29, 0.717) is 49.9 Å². The molecule has 4 aliphatic rings. The molecule has 7 rings (SSSR count). The van der Waals surface area contributed by atoms with Crippen molar-refractivity contribution < 1.29 is 37.9 Å². The third-order valence-corrected chi connectivity index (χ3v) is 12.7. The number of fused-ring (bicyclic) bond motifs is 1. The lowest BCUT2D eigenvalue weighted by atomic mass is 10.0. The number of aromatic nitrogens is 1. The van der Waals surface area contributed by atoms with Gasteiger partial charge in [0.2, 0.25) is 5.43 Å². The Hall–Kier alpha value is -3.31. The zero-order valence-electron chi connectivity index (χ0n) is 37.3. The first-order chi connectivity index (χ1) is 30.2. The Kier molecular flexibility index (Phi) is 18.8. The summed E-state index contributed by atoms with van der Waals surface area (Å²) in [6.07, 6.45) is 27.8. The molecule has 0 bridgehead atoms. The van der Waals surface area contributed by atoms with Crippen molar-refractivity contribution in [3.63, 3.8) is 0 Å². The van der Waals surface area contributed by atoms with E-state index in [9.17, 15) is 0 Å². The van der Waals surface area contributed by atoms with Crippen LogP contribution in [-0.2, 0) is 25.5 Å². The molecule has 61 heavy (non-hydrogen) atoms. The third-order valence-electron chi connectivity index (χ3n) is 12.7. The van der Waals surface area contributed by atoms with E-state index >= 15 is 4.79 Å². The van der Waals surface area contributed by atoms with E-state index in [1.807, 2.05) is 36.4 Å². The van der Waals surface area contributed by atoms with E-state index < -0.39 is 12.6 Å². The van der Waals surface area contributed by atoms with Crippen molar-refractivity contribution in [3.8, 4) is 34.3 Å². The fourth-order valence-corrected chi connectivity index (χ4v) is 9.22. The summed E-state index contributed by atoms with van der Waals surface area (Å²) in [5.41, 5.74) is 2.13. The van der Waals surface area contributed by atoms with Gasteiger partial charge in [0.15, 0.2) is 30.9 Å². The van der Waals surface area contributed by atoms with Crippen molar-refractivity contribution in [2.24, 2.45) is 0 Å². The number of hydrogen-bond acceptors (Lipinski definition) is 9. The molecule has 338 valence electrons. The maximum atomic E-state index is 15.2. The number of pyridine rings is 1. The topological polar surface area (TPSA) is 95.8 Å². The van der Waals surface area contributed by atoms with Crippen LogP contribution >= 0.6 is 0 Å². The van der Waals surface area contributed by atoms with E-state index in [-0.39, 0.29) is 23.8 Å². The predicted octanol–water partition coefficient (Wildman–Crippen LogP) is 12.8. The van der Waals surface area contributed by atoms with Gasteiger partial charge in [0, 0.05) is 49.9 Å². The summed E-state index contributed by atoms with van der Waals surface area (Å²) >= 11 is 0. The Morgan fingerprint density at radius 2 is 0.984 bits per heavy atom. The molecule has 2 aromatic carbocycles.